The molecule has 0 bridgehead atoms. The SMILES string of the molecule is C=CCOC(=O)c1sc(N2C(=O)c3oc4ccc(C)cc4c(=O)c3C23C(=O)N(Cc2ccc(F)cc2)c2ccccc23)nc1C. The molecule has 1 atom stereocenters. The molecule has 0 N–H and O–H groups in total. The number of rotatable bonds is 6. The molecule has 11 heteroatoms. The fourth-order valence-corrected chi connectivity index (χ4v) is 7.09. The smallest absolute Gasteiger partial charge is 0.350 e. The average Bonchev–Trinajstić information content (AvgIpc) is 3.62. The average molecular weight is 622 g/mol. The van der Waals surface area contributed by atoms with Crippen LogP contribution in [0, 0.1) is 19.7 Å². The van der Waals surface area contributed by atoms with E-state index in [1.54, 1.807) is 61.5 Å². The Kier molecular flexibility index (Phi) is 6.52. The highest BCUT2D eigenvalue weighted by molar-refractivity contribution is 7.17. The summed E-state index contributed by atoms with van der Waals surface area (Å²) in [6.45, 7) is 6.98. The van der Waals surface area contributed by atoms with Crippen LogP contribution in [0.1, 0.15) is 48.2 Å². The number of esters is 1. The molecule has 2 aromatic heterocycles. The number of amides is 2. The van der Waals surface area contributed by atoms with Crippen LogP contribution in [0.4, 0.5) is 15.2 Å². The lowest BCUT2D eigenvalue weighted by Crippen LogP contribution is -2.53. The Balaban J connectivity index is 1.51. The predicted octanol–water partition coefficient (Wildman–Crippen LogP) is 5.80. The highest BCUT2D eigenvalue weighted by Gasteiger charge is 2.66. The Labute approximate surface area is 259 Å². The van der Waals surface area contributed by atoms with Gasteiger partial charge < -0.3 is 14.1 Å². The zero-order chi connectivity index (χ0) is 31.6. The van der Waals surface area contributed by atoms with Gasteiger partial charge in [0.05, 0.1) is 28.9 Å². The van der Waals surface area contributed by atoms with Crippen molar-refractivity contribution >= 4 is 50.9 Å². The molecule has 9 nitrogen and oxygen atoms in total. The zero-order valence-corrected chi connectivity index (χ0v) is 24.9. The number of carbonyl (C=O) groups excluding carboxylic acids is 3. The van der Waals surface area contributed by atoms with Crippen LogP contribution in [0.5, 0.6) is 0 Å². The first-order valence-corrected chi connectivity index (χ1v) is 14.8. The number of anilines is 2. The highest BCUT2D eigenvalue weighted by Crippen LogP contribution is 2.55. The quantitative estimate of drug-likeness (QED) is 0.174. The van der Waals surface area contributed by atoms with Crippen LogP contribution in [-0.2, 0) is 21.6 Å². The number of hydrogen-bond acceptors (Lipinski definition) is 8. The Bertz CT molecular complexity index is 2150. The minimum absolute atomic E-state index is 0.0147. The van der Waals surface area contributed by atoms with Gasteiger partial charge in [-0.05, 0) is 49.7 Å². The third-order valence-corrected chi connectivity index (χ3v) is 9.15. The number of thiazole rings is 1. The molecule has 2 aliphatic heterocycles. The van der Waals surface area contributed by atoms with Gasteiger partial charge in [0.15, 0.2) is 16.1 Å². The van der Waals surface area contributed by atoms with E-state index >= 15 is 4.79 Å². The molecule has 2 amide bonds. The summed E-state index contributed by atoms with van der Waals surface area (Å²) < 4.78 is 25.1. The van der Waals surface area contributed by atoms with Gasteiger partial charge >= 0.3 is 5.97 Å². The number of para-hydroxylation sites is 1. The van der Waals surface area contributed by atoms with Crippen molar-refractivity contribution < 1.29 is 27.9 Å². The van der Waals surface area contributed by atoms with Gasteiger partial charge in [0.1, 0.15) is 22.9 Å². The molecule has 2 aliphatic rings. The van der Waals surface area contributed by atoms with Crippen molar-refractivity contribution in [3.63, 3.8) is 0 Å². The lowest BCUT2D eigenvalue weighted by atomic mass is 9.84. The van der Waals surface area contributed by atoms with Crippen LogP contribution < -0.4 is 15.2 Å². The monoisotopic (exact) mass is 621 g/mol. The molecule has 0 saturated carbocycles. The molecular formula is C34H24FN3O6S. The summed E-state index contributed by atoms with van der Waals surface area (Å²) in [5.74, 6) is -2.72. The molecule has 1 spiro atoms. The summed E-state index contributed by atoms with van der Waals surface area (Å²) in [5, 5.41) is 0.231. The van der Waals surface area contributed by atoms with Crippen LogP contribution in [0.25, 0.3) is 11.0 Å². The summed E-state index contributed by atoms with van der Waals surface area (Å²) >= 11 is 0.876. The van der Waals surface area contributed by atoms with E-state index in [9.17, 15) is 18.8 Å². The minimum atomic E-state index is -2.01. The van der Waals surface area contributed by atoms with Gasteiger partial charge in [-0.2, -0.15) is 0 Å². The molecule has 0 saturated heterocycles. The lowest BCUT2D eigenvalue weighted by molar-refractivity contribution is -0.121. The maximum Gasteiger partial charge on any atom is 0.350 e. The molecule has 0 radical (unpaired) electrons. The predicted molar refractivity (Wildman–Crippen MR) is 166 cm³/mol. The van der Waals surface area contributed by atoms with Gasteiger partial charge in [-0.3, -0.25) is 19.3 Å². The van der Waals surface area contributed by atoms with Crippen molar-refractivity contribution in [3.8, 4) is 0 Å². The summed E-state index contributed by atoms with van der Waals surface area (Å²) in [7, 11) is 0. The summed E-state index contributed by atoms with van der Waals surface area (Å²) in [4.78, 5) is 64.1. The van der Waals surface area contributed by atoms with Crippen molar-refractivity contribution in [3.05, 3.63) is 134 Å². The molecule has 7 rings (SSSR count). The Morgan fingerprint density at radius 3 is 2.60 bits per heavy atom. The summed E-state index contributed by atoms with van der Waals surface area (Å²) in [6.07, 6.45) is 1.43. The van der Waals surface area contributed by atoms with E-state index < -0.39 is 34.6 Å². The second kappa shape index (κ2) is 10.3. The summed E-state index contributed by atoms with van der Waals surface area (Å²) in [6, 6.07) is 17.6. The molecule has 0 aliphatic carbocycles. The fraction of sp³-hybridized carbons (Fsp3) is 0.147. The number of nitrogens with zero attached hydrogens (tertiary/aromatic N) is 3. The molecule has 0 fully saturated rings. The standard InChI is InChI=1S/C34H24FN3O6S/c1-4-15-43-31(41)29-19(3)36-33(45-29)38-30(40)28-26(27(39)22-16-18(2)9-14-25(22)44-28)34(38)23-7-5-6-8-24(23)37(32(34)42)17-20-10-12-21(35)13-11-20/h4-14,16H,1,15,17H2,2-3H3. The van der Waals surface area contributed by atoms with Gasteiger partial charge in [0.2, 0.25) is 5.76 Å². The first kappa shape index (κ1) is 28.4. The van der Waals surface area contributed by atoms with Crippen LogP contribution in [0.15, 0.2) is 88.6 Å². The number of hydrogen-bond donors (Lipinski definition) is 0. The van der Waals surface area contributed by atoms with Gasteiger partial charge in [-0.25, -0.2) is 14.2 Å². The van der Waals surface area contributed by atoms with Crippen molar-refractivity contribution in [1.82, 2.24) is 4.98 Å². The summed E-state index contributed by atoms with van der Waals surface area (Å²) in [5.41, 5.74) is 0.0572. The van der Waals surface area contributed by atoms with Crippen LogP contribution in [-0.4, -0.2) is 29.4 Å². The van der Waals surface area contributed by atoms with E-state index in [2.05, 4.69) is 11.6 Å². The van der Waals surface area contributed by atoms with E-state index in [-0.39, 0.29) is 51.1 Å². The fourth-order valence-electron chi connectivity index (χ4n) is 6.07. The Morgan fingerprint density at radius 1 is 1.09 bits per heavy atom. The second-order valence-electron chi connectivity index (χ2n) is 10.8. The normalized spacial score (nSPS) is 16.9. The second-order valence-corrected chi connectivity index (χ2v) is 11.8. The minimum Gasteiger partial charge on any atom is -0.457 e. The zero-order valence-electron chi connectivity index (χ0n) is 24.1. The Hall–Kier alpha value is -5.42. The van der Waals surface area contributed by atoms with Gasteiger partial charge in [0, 0.05) is 5.56 Å². The van der Waals surface area contributed by atoms with Crippen molar-refractivity contribution in [2.45, 2.75) is 25.9 Å². The van der Waals surface area contributed by atoms with Gasteiger partial charge in [-0.15, -0.1) is 0 Å². The largest absolute Gasteiger partial charge is 0.457 e. The van der Waals surface area contributed by atoms with E-state index in [0.29, 0.717) is 16.8 Å². The maximum absolute atomic E-state index is 15.0. The molecule has 1 unspecified atom stereocenters. The molecule has 224 valence electrons. The van der Waals surface area contributed by atoms with E-state index in [4.69, 9.17) is 9.15 Å². The lowest BCUT2D eigenvalue weighted by Gasteiger charge is -2.32. The van der Waals surface area contributed by atoms with E-state index in [0.717, 1.165) is 16.9 Å². The molecule has 3 aromatic carbocycles. The van der Waals surface area contributed by atoms with Crippen LogP contribution >= 0.6 is 11.3 Å². The first-order chi connectivity index (χ1) is 21.7. The third-order valence-electron chi connectivity index (χ3n) is 8.03. The Morgan fingerprint density at radius 2 is 1.84 bits per heavy atom. The number of halogens is 1. The van der Waals surface area contributed by atoms with Gasteiger partial charge in [-0.1, -0.05) is 66.0 Å². The number of aromatic nitrogens is 1. The highest BCUT2D eigenvalue weighted by atomic mass is 32.1. The van der Waals surface area contributed by atoms with E-state index in [1.165, 1.54) is 28.0 Å². The van der Waals surface area contributed by atoms with Crippen LogP contribution in [0.3, 0.4) is 0 Å². The number of fused-ring (bicyclic) bond motifs is 5. The van der Waals surface area contributed by atoms with Crippen molar-refractivity contribution in [2.75, 3.05) is 16.4 Å². The number of carbonyl (C=O) groups is 3. The van der Waals surface area contributed by atoms with Crippen molar-refractivity contribution in [2.24, 2.45) is 0 Å². The molecule has 5 aromatic rings. The first-order valence-electron chi connectivity index (χ1n) is 14.0. The number of ether oxygens (including phenoxy) is 1. The number of aryl methyl sites for hydroxylation is 2. The molecule has 45 heavy (non-hydrogen) atoms. The molecular weight excluding hydrogens is 597 g/mol. The van der Waals surface area contributed by atoms with E-state index in [1.807, 2.05) is 6.92 Å². The van der Waals surface area contributed by atoms with Crippen molar-refractivity contribution in [1.29, 1.82) is 0 Å². The van der Waals surface area contributed by atoms with Crippen LogP contribution in [0.2, 0.25) is 0 Å². The topological polar surface area (TPSA) is 110 Å². The number of benzene rings is 3. The third kappa shape index (κ3) is 4.07. The maximum atomic E-state index is 15.0. The molecule has 4 heterocycles. The van der Waals surface area contributed by atoms with Gasteiger partial charge in [0.25, 0.3) is 11.8 Å².